The van der Waals surface area contributed by atoms with Crippen LogP contribution in [0.1, 0.15) is 25.7 Å². The Hall–Kier alpha value is -2.45. The van der Waals surface area contributed by atoms with Crippen molar-refractivity contribution in [1.29, 1.82) is 0 Å². The molecule has 1 aliphatic rings. The first-order valence-electron chi connectivity index (χ1n) is 9.24. The summed E-state index contributed by atoms with van der Waals surface area (Å²) in [5.74, 6) is -1.01. The predicted molar refractivity (Wildman–Crippen MR) is 104 cm³/mol. The molecular formula is C20H23FN2O4S. The van der Waals surface area contributed by atoms with Gasteiger partial charge in [0.25, 0.3) is 5.91 Å². The van der Waals surface area contributed by atoms with Gasteiger partial charge in [0.05, 0.1) is 4.90 Å². The number of hydrogen-bond donors (Lipinski definition) is 1. The van der Waals surface area contributed by atoms with Gasteiger partial charge < -0.3 is 10.1 Å². The summed E-state index contributed by atoms with van der Waals surface area (Å²) in [7, 11) is -3.53. The van der Waals surface area contributed by atoms with Crippen LogP contribution in [0.2, 0.25) is 0 Å². The van der Waals surface area contributed by atoms with Crippen molar-refractivity contribution in [2.24, 2.45) is 0 Å². The maximum absolute atomic E-state index is 13.5. The zero-order valence-electron chi connectivity index (χ0n) is 15.4. The lowest BCUT2D eigenvalue weighted by Gasteiger charge is -2.20. The molecule has 1 fully saturated rings. The molecule has 0 aliphatic carbocycles. The van der Waals surface area contributed by atoms with Crippen molar-refractivity contribution >= 4 is 21.6 Å². The molecule has 0 unspecified atom stereocenters. The molecule has 28 heavy (non-hydrogen) atoms. The number of sulfonamides is 1. The van der Waals surface area contributed by atoms with Gasteiger partial charge in [0.15, 0.2) is 18.2 Å². The van der Waals surface area contributed by atoms with Gasteiger partial charge in [-0.05, 0) is 49.2 Å². The first-order valence-corrected chi connectivity index (χ1v) is 10.7. The summed E-state index contributed by atoms with van der Waals surface area (Å²) in [6.45, 7) is 0.719. The Balaban J connectivity index is 1.59. The van der Waals surface area contributed by atoms with Crippen LogP contribution in [0.25, 0.3) is 0 Å². The van der Waals surface area contributed by atoms with Gasteiger partial charge in [-0.25, -0.2) is 12.8 Å². The molecule has 3 rings (SSSR count). The van der Waals surface area contributed by atoms with Crippen molar-refractivity contribution in [3.63, 3.8) is 0 Å². The van der Waals surface area contributed by atoms with Crippen molar-refractivity contribution in [2.75, 3.05) is 25.0 Å². The minimum absolute atomic E-state index is 0.00320. The number of rotatable bonds is 6. The van der Waals surface area contributed by atoms with E-state index in [4.69, 9.17) is 4.74 Å². The molecule has 0 spiro atoms. The van der Waals surface area contributed by atoms with E-state index in [2.05, 4.69) is 5.32 Å². The molecule has 0 radical (unpaired) electrons. The number of carbonyl (C=O) groups is 1. The van der Waals surface area contributed by atoms with E-state index in [1.807, 2.05) is 0 Å². The molecule has 2 aromatic carbocycles. The number of ether oxygens (including phenoxy) is 1. The quantitative estimate of drug-likeness (QED) is 0.798. The number of nitrogens with zero attached hydrogens (tertiary/aromatic N) is 1. The Morgan fingerprint density at radius 2 is 1.64 bits per heavy atom. The minimum Gasteiger partial charge on any atom is -0.481 e. The van der Waals surface area contributed by atoms with E-state index in [0.717, 1.165) is 25.7 Å². The predicted octanol–water partition coefficient (Wildman–Crippen LogP) is 3.41. The van der Waals surface area contributed by atoms with E-state index in [1.165, 1.54) is 46.8 Å². The van der Waals surface area contributed by atoms with E-state index >= 15 is 0 Å². The van der Waals surface area contributed by atoms with Gasteiger partial charge in [0.2, 0.25) is 10.0 Å². The first kappa shape index (κ1) is 20.3. The summed E-state index contributed by atoms with van der Waals surface area (Å²) in [6, 6.07) is 11.9. The van der Waals surface area contributed by atoms with Gasteiger partial charge in [-0.1, -0.05) is 25.0 Å². The third-order valence-corrected chi connectivity index (χ3v) is 6.45. The smallest absolute Gasteiger partial charge is 0.262 e. The van der Waals surface area contributed by atoms with Crippen LogP contribution in [0.4, 0.5) is 10.1 Å². The SMILES string of the molecule is O=C(COc1ccccc1F)Nc1ccc(S(=O)(=O)N2CCCCCC2)cc1. The lowest BCUT2D eigenvalue weighted by atomic mass is 10.2. The van der Waals surface area contributed by atoms with Crippen molar-refractivity contribution in [2.45, 2.75) is 30.6 Å². The number of carbonyl (C=O) groups excluding carboxylic acids is 1. The first-order chi connectivity index (χ1) is 13.5. The second-order valence-electron chi connectivity index (χ2n) is 6.61. The highest BCUT2D eigenvalue weighted by molar-refractivity contribution is 7.89. The summed E-state index contributed by atoms with van der Waals surface area (Å²) >= 11 is 0. The summed E-state index contributed by atoms with van der Waals surface area (Å²) in [5.41, 5.74) is 0.442. The number of halogens is 1. The molecule has 1 saturated heterocycles. The van der Waals surface area contributed by atoms with Crippen LogP contribution in [-0.4, -0.2) is 38.3 Å². The van der Waals surface area contributed by atoms with Gasteiger partial charge >= 0.3 is 0 Å². The molecule has 0 saturated carbocycles. The van der Waals surface area contributed by atoms with E-state index in [-0.39, 0.29) is 17.3 Å². The maximum Gasteiger partial charge on any atom is 0.262 e. The number of anilines is 1. The fourth-order valence-corrected chi connectivity index (χ4v) is 4.56. The summed E-state index contributed by atoms with van der Waals surface area (Å²) in [6.07, 6.45) is 3.84. The molecular weight excluding hydrogens is 383 g/mol. The van der Waals surface area contributed by atoms with Gasteiger partial charge in [-0.15, -0.1) is 0 Å². The number of para-hydroxylation sites is 1. The van der Waals surface area contributed by atoms with E-state index in [0.29, 0.717) is 18.8 Å². The normalized spacial score (nSPS) is 15.6. The number of amides is 1. The van der Waals surface area contributed by atoms with Gasteiger partial charge in [0, 0.05) is 18.8 Å². The molecule has 0 aromatic heterocycles. The fourth-order valence-electron chi connectivity index (χ4n) is 3.04. The second kappa shape index (κ2) is 9.16. The largest absolute Gasteiger partial charge is 0.481 e. The summed E-state index contributed by atoms with van der Waals surface area (Å²) < 4.78 is 45.7. The molecule has 2 aromatic rings. The van der Waals surface area contributed by atoms with Crippen LogP contribution >= 0.6 is 0 Å². The molecule has 1 N–H and O–H groups in total. The van der Waals surface area contributed by atoms with Crippen molar-refractivity contribution in [3.05, 3.63) is 54.3 Å². The highest BCUT2D eigenvalue weighted by Crippen LogP contribution is 2.22. The van der Waals surface area contributed by atoms with E-state index in [1.54, 1.807) is 6.07 Å². The van der Waals surface area contributed by atoms with Crippen LogP contribution in [0, 0.1) is 5.82 Å². The van der Waals surface area contributed by atoms with Gasteiger partial charge in [-0.2, -0.15) is 4.31 Å². The van der Waals surface area contributed by atoms with Gasteiger partial charge in [0.1, 0.15) is 0 Å². The number of hydrogen-bond acceptors (Lipinski definition) is 4. The molecule has 1 amide bonds. The van der Waals surface area contributed by atoms with Crippen LogP contribution < -0.4 is 10.1 Å². The summed E-state index contributed by atoms with van der Waals surface area (Å²) in [4.78, 5) is 12.2. The summed E-state index contributed by atoms with van der Waals surface area (Å²) in [5, 5.41) is 2.61. The van der Waals surface area contributed by atoms with Crippen molar-refractivity contribution < 1.29 is 22.3 Å². The van der Waals surface area contributed by atoms with Crippen LogP contribution in [-0.2, 0) is 14.8 Å². The number of benzene rings is 2. The Morgan fingerprint density at radius 1 is 1.00 bits per heavy atom. The monoisotopic (exact) mass is 406 g/mol. The maximum atomic E-state index is 13.5. The average Bonchev–Trinajstić information content (AvgIpc) is 2.98. The van der Waals surface area contributed by atoms with Gasteiger partial charge in [-0.3, -0.25) is 4.79 Å². The lowest BCUT2D eigenvalue weighted by Crippen LogP contribution is -2.31. The molecule has 6 nitrogen and oxygen atoms in total. The third-order valence-electron chi connectivity index (χ3n) is 4.54. The molecule has 0 bridgehead atoms. The lowest BCUT2D eigenvalue weighted by molar-refractivity contribution is -0.118. The zero-order chi connectivity index (χ0) is 20.0. The Kier molecular flexibility index (Phi) is 6.64. The highest BCUT2D eigenvalue weighted by atomic mass is 32.2. The minimum atomic E-state index is -3.53. The second-order valence-corrected chi connectivity index (χ2v) is 8.55. The molecule has 1 heterocycles. The molecule has 1 aliphatic heterocycles. The molecule has 150 valence electrons. The van der Waals surface area contributed by atoms with Crippen LogP contribution in [0.15, 0.2) is 53.4 Å². The fraction of sp³-hybridized carbons (Fsp3) is 0.350. The number of nitrogens with one attached hydrogen (secondary N) is 1. The van der Waals surface area contributed by atoms with Crippen molar-refractivity contribution in [3.8, 4) is 5.75 Å². The van der Waals surface area contributed by atoms with Crippen LogP contribution in [0.5, 0.6) is 5.75 Å². The standard InChI is InChI=1S/C20H23FN2O4S/c21-18-7-3-4-8-19(18)27-15-20(24)22-16-9-11-17(12-10-16)28(25,26)23-13-5-1-2-6-14-23/h3-4,7-12H,1-2,5-6,13-15H2,(H,22,24). The Bertz CT molecular complexity index is 908. The van der Waals surface area contributed by atoms with Crippen molar-refractivity contribution in [1.82, 2.24) is 4.31 Å². The van der Waals surface area contributed by atoms with E-state index in [9.17, 15) is 17.6 Å². The Morgan fingerprint density at radius 3 is 2.29 bits per heavy atom. The van der Waals surface area contributed by atoms with Crippen LogP contribution in [0.3, 0.4) is 0 Å². The van der Waals surface area contributed by atoms with E-state index < -0.39 is 21.7 Å². The Labute approximate surface area is 164 Å². The molecule has 0 atom stereocenters. The zero-order valence-corrected chi connectivity index (χ0v) is 16.3. The third kappa shape index (κ3) is 5.08. The molecule has 8 heteroatoms. The highest BCUT2D eigenvalue weighted by Gasteiger charge is 2.25. The topological polar surface area (TPSA) is 75.7 Å². The average molecular weight is 406 g/mol.